The van der Waals surface area contributed by atoms with Gasteiger partial charge in [-0.05, 0) is 54.8 Å². The molecule has 6 nitrogen and oxygen atoms in total. The van der Waals surface area contributed by atoms with E-state index >= 15 is 0 Å². The third-order valence-corrected chi connectivity index (χ3v) is 7.02. The predicted octanol–water partition coefficient (Wildman–Crippen LogP) is 5.18. The molecule has 0 atom stereocenters. The molecule has 3 aromatic carbocycles. The van der Waals surface area contributed by atoms with Gasteiger partial charge in [0, 0.05) is 38.5 Å². The molecule has 0 aliphatic carbocycles. The number of piperidine rings is 1. The molecule has 37 heavy (non-hydrogen) atoms. The van der Waals surface area contributed by atoms with Crippen molar-refractivity contribution < 1.29 is 23.5 Å². The number of hydrogen-bond donors (Lipinski definition) is 0. The summed E-state index contributed by atoms with van der Waals surface area (Å²) in [6.07, 6.45) is 1.52. The van der Waals surface area contributed by atoms with E-state index in [9.17, 15) is 14.0 Å². The summed E-state index contributed by atoms with van der Waals surface area (Å²) in [6, 6.07) is 23.0. The van der Waals surface area contributed by atoms with Gasteiger partial charge in [0.2, 0.25) is 5.91 Å². The SMILES string of the molecule is COc1ccccc1C(=O)N1CCC(COc2ccc(F)cc2)(CC(=O)N(C)Cc2ccccc2)CC1. The van der Waals surface area contributed by atoms with Crippen molar-refractivity contribution in [3.8, 4) is 11.5 Å². The van der Waals surface area contributed by atoms with Crippen molar-refractivity contribution in [3.05, 3.63) is 95.8 Å². The van der Waals surface area contributed by atoms with E-state index in [1.807, 2.05) is 54.4 Å². The maximum absolute atomic E-state index is 13.4. The number of likely N-dealkylation sites (tertiary alicyclic amines) is 1. The van der Waals surface area contributed by atoms with Gasteiger partial charge in [-0.1, -0.05) is 42.5 Å². The summed E-state index contributed by atoms with van der Waals surface area (Å²) >= 11 is 0. The molecule has 0 saturated carbocycles. The second-order valence-electron chi connectivity index (χ2n) is 9.65. The first-order valence-electron chi connectivity index (χ1n) is 12.5. The van der Waals surface area contributed by atoms with Gasteiger partial charge in [-0.3, -0.25) is 9.59 Å². The number of halogens is 1. The van der Waals surface area contributed by atoms with Crippen molar-refractivity contribution in [2.45, 2.75) is 25.8 Å². The van der Waals surface area contributed by atoms with Crippen LogP contribution in [0.5, 0.6) is 11.5 Å². The second kappa shape index (κ2) is 11.9. The van der Waals surface area contributed by atoms with Crippen LogP contribution in [0.4, 0.5) is 4.39 Å². The molecule has 1 aliphatic rings. The van der Waals surface area contributed by atoms with Gasteiger partial charge in [-0.25, -0.2) is 4.39 Å². The number of carbonyl (C=O) groups excluding carboxylic acids is 2. The Morgan fingerprint density at radius 1 is 0.946 bits per heavy atom. The van der Waals surface area contributed by atoms with Gasteiger partial charge in [-0.15, -0.1) is 0 Å². The molecular formula is C30H33FN2O4. The lowest BCUT2D eigenvalue weighted by atomic mass is 9.75. The van der Waals surface area contributed by atoms with Gasteiger partial charge in [0.1, 0.15) is 17.3 Å². The van der Waals surface area contributed by atoms with Crippen molar-refractivity contribution in [1.29, 1.82) is 0 Å². The largest absolute Gasteiger partial charge is 0.496 e. The van der Waals surface area contributed by atoms with Crippen molar-refractivity contribution in [1.82, 2.24) is 9.80 Å². The Balaban J connectivity index is 1.47. The molecule has 0 aromatic heterocycles. The number of methoxy groups -OCH3 is 1. The molecule has 0 radical (unpaired) electrons. The highest BCUT2D eigenvalue weighted by Crippen LogP contribution is 2.37. The molecule has 1 heterocycles. The number of rotatable bonds is 9. The Bertz CT molecular complexity index is 1190. The molecule has 3 aromatic rings. The molecule has 7 heteroatoms. The van der Waals surface area contributed by atoms with E-state index in [1.165, 1.54) is 12.1 Å². The number of hydrogen-bond acceptors (Lipinski definition) is 4. The third kappa shape index (κ3) is 6.67. The van der Waals surface area contributed by atoms with E-state index in [0.717, 1.165) is 5.56 Å². The van der Waals surface area contributed by atoms with E-state index in [1.54, 1.807) is 36.3 Å². The van der Waals surface area contributed by atoms with E-state index in [4.69, 9.17) is 9.47 Å². The quantitative estimate of drug-likeness (QED) is 0.403. The molecule has 2 amide bonds. The molecule has 1 fully saturated rings. The van der Waals surface area contributed by atoms with Gasteiger partial charge >= 0.3 is 0 Å². The van der Waals surface area contributed by atoms with Crippen molar-refractivity contribution in [2.75, 3.05) is 33.9 Å². The minimum atomic E-state index is -0.450. The van der Waals surface area contributed by atoms with Crippen LogP contribution in [0.3, 0.4) is 0 Å². The van der Waals surface area contributed by atoms with Gasteiger partial charge in [0.15, 0.2) is 0 Å². The maximum Gasteiger partial charge on any atom is 0.257 e. The van der Waals surface area contributed by atoms with Crippen LogP contribution < -0.4 is 9.47 Å². The second-order valence-corrected chi connectivity index (χ2v) is 9.65. The first-order valence-corrected chi connectivity index (χ1v) is 12.5. The summed E-state index contributed by atoms with van der Waals surface area (Å²) in [6.45, 7) is 1.83. The Kier molecular flexibility index (Phi) is 8.43. The number of ether oxygens (including phenoxy) is 2. The highest BCUT2D eigenvalue weighted by molar-refractivity contribution is 5.97. The van der Waals surface area contributed by atoms with Crippen LogP contribution >= 0.6 is 0 Å². The van der Waals surface area contributed by atoms with Crippen LogP contribution in [-0.2, 0) is 11.3 Å². The van der Waals surface area contributed by atoms with Gasteiger partial charge in [0.05, 0.1) is 19.3 Å². The molecule has 1 aliphatic heterocycles. The molecule has 1 saturated heterocycles. The van der Waals surface area contributed by atoms with Crippen LogP contribution in [0.1, 0.15) is 35.2 Å². The third-order valence-electron chi connectivity index (χ3n) is 7.02. The molecule has 4 rings (SSSR count). The fourth-order valence-electron chi connectivity index (χ4n) is 4.72. The topological polar surface area (TPSA) is 59.1 Å². The average Bonchev–Trinajstić information content (AvgIpc) is 2.93. The van der Waals surface area contributed by atoms with Gasteiger partial charge in [-0.2, -0.15) is 0 Å². The summed E-state index contributed by atoms with van der Waals surface area (Å²) in [5, 5.41) is 0. The smallest absolute Gasteiger partial charge is 0.257 e. The molecular weight excluding hydrogens is 471 g/mol. The lowest BCUT2D eigenvalue weighted by Crippen LogP contribution is -2.47. The van der Waals surface area contributed by atoms with Crippen LogP contribution in [-0.4, -0.2) is 55.5 Å². The molecule has 0 unspecified atom stereocenters. The number of nitrogens with zero attached hydrogens (tertiary/aromatic N) is 2. The molecule has 194 valence electrons. The highest BCUT2D eigenvalue weighted by atomic mass is 19.1. The Morgan fingerprint density at radius 2 is 1.59 bits per heavy atom. The van der Waals surface area contributed by atoms with E-state index in [2.05, 4.69) is 0 Å². The maximum atomic E-state index is 13.4. The highest BCUT2D eigenvalue weighted by Gasteiger charge is 2.40. The monoisotopic (exact) mass is 504 g/mol. The van der Waals surface area contributed by atoms with Crippen molar-refractivity contribution in [2.24, 2.45) is 5.41 Å². The zero-order chi connectivity index (χ0) is 26.3. The average molecular weight is 505 g/mol. The molecule has 0 bridgehead atoms. The first kappa shape index (κ1) is 26.2. The minimum Gasteiger partial charge on any atom is -0.496 e. The first-order chi connectivity index (χ1) is 17.9. The van der Waals surface area contributed by atoms with Crippen molar-refractivity contribution in [3.63, 3.8) is 0 Å². The molecule has 0 N–H and O–H groups in total. The summed E-state index contributed by atoms with van der Waals surface area (Å²) in [4.78, 5) is 30.1. The lowest BCUT2D eigenvalue weighted by molar-refractivity contribution is -0.134. The van der Waals surface area contributed by atoms with Crippen molar-refractivity contribution >= 4 is 11.8 Å². The van der Waals surface area contributed by atoms with Crippen LogP contribution in [0.15, 0.2) is 78.9 Å². The Labute approximate surface area is 217 Å². The number of para-hydroxylation sites is 1. The number of benzene rings is 3. The summed E-state index contributed by atoms with van der Waals surface area (Å²) in [5.41, 5.74) is 1.14. The van der Waals surface area contributed by atoms with E-state index < -0.39 is 5.41 Å². The zero-order valence-electron chi connectivity index (χ0n) is 21.4. The Morgan fingerprint density at radius 3 is 2.27 bits per heavy atom. The van der Waals surface area contributed by atoms with Crippen LogP contribution in [0.2, 0.25) is 0 Å². The van der Waals surface area contributed by atoms with Crippen LogP contribution in [0, 0.1) is 11.2 Å². The zero-order valence-corrected chi connectivity index (χ0v) is 21.4. The summed E-state index contributed by atoms with van der Waals surface area (Å²) < 4.78 is 24.8. The standard InChI is InChI=1S/C30H33FN2O4/c1-32(21-23-8-4-3-5-9-23)28(34)20-30(22-37-25-14-12-24(31)13-15-25)16-18-33(19-17-30)29(35)26-10-6-7-11-27(26)36-2/h3-15H,16-22H2,1-2H3. The predicted molar refractivity (Wildman–Crippen MR) is 140 cm³/mol. The number of amides is 2. The number of carbonyl (C=O) groups is 2. The van der Waals surface area contributed by atoms with E-state index in [0.29, 0.717) is 62.6 Å². The Hall–Kier alpha value is -3.87. The fraction of sp³-hybridized carbons (Fsp3) is 0.333. The summed E-state index contributed by atoms with van der Waals surface area (Å²) in [5.74, 6) is 0.706. The normalized spacial score (nSPS) is 14.6. The van der Waals surface area contributed by atoms with Gasteiger partial charge < -0.3 is 19.3 Å². The van der Waals surface area contributed by atoms with E-state index in [-0.39, 0.29) is 17.6 Å². The minimum absolute atomic E-state index is 0.0241. The summed E-state index contributed by atoms with van der Waals surface area (Å²) in [7, 11) is 3.36. The van der Waals surface area contributed by atoms with Gasteiger partial charge in [0.25, 0.3) is 5.91 Å². The fourth-order valence-corrected chi connectivity index (χ4v) is 4.72. The molecule has 0 spiro atoms. The van der Waals surface area contributed by atoms with Crippen LogP contribution in [0.25, 0.3) is 0 Å². The lowest BCUT2D eigenvalue weighted by Gasteiger charge is -2.42.